The molecule has 2 rings (SSSR count). The lowest BCUT2D eigenvalue weighted by Crippen LogP contribution is -2.50. The number of amides is 1. The molecule has 7 nitrogen and oxygen atoms in total. The van der Waals surface area contributed by atoms with E-state index in [2.05, 4.69) is 5.10 Å². The molecular weight excluding hydrogens is 274 g/mol. The second-order valence-electron chi connectivity index (χ2n) is 5.24. The SMILES string of the molecule is CCCn1nc(C(=O)N2CC(C)OC(CO)C2)ccc1=O. The molecule has 1 aliphatic heterocycles. The van der Waals surface area contributed by atoms with Gasteiger partial charge in [0.2, 0.25) is 0 Å². The summed E-state index contributed by atoms with van der Waals surface area (Å²) in [7, 11) is 0. The first-order valence-corrected chi connectivity index (χ1v) is 7.19. The first-order valence-electron chi connectivity index (χ1n) is 7.19. The molecule has 0 saturated carbocycles. The number of hydrogen-bond acceptors (Lipinski definition) is 5. The summed E-state index contributed by atoms with van der Waals surface area (Å²) in [6.45, 7) is 4.93. The number of ether oxygens (including phenoxy) is 1. The molecule has 0 aromatic carbocycles. The lowest BCUT2D eigenvalue weighted by molar-refractivity contribution is -0.0859. The van der Waals surface area contributed by atoms with E-state index >= 15 is 0 Å². The van der Waals surface area contributed by atoms with E-state index < -0.39 is 0 Å². The molecule has 2 unspecified atom stereocenters. The van der Waals surface area contributed by atoms with Crippen molar-refractivity contribution < 1.29 is 14.6 Å². The number of aliphatic hydroxyl groups excluding tert-OH is 1. The minimum Gasteiger partial charge on any atom is -0.394 e. The van der Waals surface area contributed by atoms with Gasteiger partial charge in [-0.1, -0.05) is 6.92 Å². The Balaban J connectivity index is 2.19. The second kappa shape index (κ2) is 6.82. The van der Waals surface area contributed by atoms with Gasteiger partial charge in [0, 0.05) is 25.7 Å². The molecule has 0 aliphatic carbocycles. The van der Waals surface area contributed by atoms with E-state index in [-0.39, 0.29) is 36.0 Å². The molecule has 1 saturated heterocycles. The fraction of sp³-hybridized carbons (Fsp3) is 0.643. The molecule has 1 N–H and O–H groups in total. The zero-order valence-corrected chi connectivity index (χ0v) is 12.4. The Morgan fingerprint density at radius 1 is 1.48 bits per heavy atom. The van der Waals surface area contributed by atoms with Crippen molar-refractivity contribution in [2.24, 2.45) is 0 Å². The quantitative estimate of drug-likeness (QED) is 0.837. The summed E-state index contributed by atoms with van der Waals surface area (Å²) >= 11 is 0. The van der Waals surface area contributed by atoms with Crippen LogP contribution in [0.4, 0.5) is 0 Å². The highest BCUT2D eigenvalue weighted by Gasteiger charge is 2.29. The molecule has 1 aromatic rings. The summed E-state index contributed by atoms with van der Waals surface area (Å²) < 4.78 is 6.82. The maximum atomic E-state index is 12.5. The lowest BCUT2D eigenvalue weighted by Gasteiger charge is -2.35. The fourth-order valence-electron chi connectivity index (χ4n) is 2.41. The van der Waals surface area contributed by atoms with Crippen LogP contribution in [0.15, 0.2) is 16.9 Å². The van der Waals surface area contributed by atoms with Crippen molar-refractivity contribution in [1.29, 1.82) is 0 Å². The largest absolute Gasteiger partial charge is 0.394 e. The number of carbonyl (C=O) groups is 1. The summed E-state index contributed by atoms with van der Waals surface area (Å²) in [6.07, 6.45) is 0.256. The Kier molecular flexibility index (Phi) is 5.08. The van der Waals surface area contributed by atoms with Gasteiger partial charge < -0.3 is 14.7 Å². The molecule has 0 spiro atoms. The number of aliphatic hydroxyl groups is 1. The number of morpholine rings is 1. The molecule has 21 heavy (non-hydrogen) atoms. The van der Waals surface area contributed by atoms with Crippen LogP contribution in [-0.2, 0) is 11.3 Å². The molecule has 1 fully saturated rings. The van der Waals surface area contributed by atoms with Crippen LogP contribution in [0.25, 0.3) is 0 Å². The molecule has 7 heteroatoms. The van der Waals surface area contributed by atoms with Crippen LogP contribution in [0, 0.1) is 0 Å². The third-order valence-electron chi connectivity index (χ3n) is 3.34. The van der Waals surface area contributed by atoms with E-state index in [1.807, 2.05) is 13.8 Å². The zero-order chi connectivity index (χ0) is 15.4. The summed E-state index contributed by atoms with van der Waals surface area (Å²) in [5, 5.41) is 13.3. The fourth-order valence-corrected chi connectivity index (χ4v) is 2.41. The highest BCUT2D eigenvalue weighted by molar-refractivity contribution is 5.92. The van der Waals surface area contributed by atoms with Gasteiger partial charge in [0.1, 0.15) is 5.69 Å². The van der Waals surface area contributed by atoms with Crippen molar-refractivity contribution in [2.45, 2.75) is 39.0 Å². The molecule has 2 heterocycles. The van der Waals surface area contributed by atoms with Crippen LogP contribution >= 0.6 is 0 Å². The molecule has 0 radical (unpaired) electrons. The average molecular weight is 295 g/mol. The zero-order valence-electron chi connectivity index (χ0n) is 12.4. The molecule has 1 aromatic heterocycles. The van der Waals surface area contributed by atoms with Crippen molar-refractivity contribution >= 4 is 5.91 Å². The van der Waals surface area contributed by atoms with Gasteiger partial charge in [-0.3, -0.25) is 9.59 Å². The first-order chi connectivity index (χ1) is 10.0. The van der Waals surface area contributed by atoms with Gasteiger partial charge in [-0.15, -0.1) is 0 Å². The van der Waals surface area contributed by atoms with Gasteiger partial charge in [0.25, 0.3) is 11.5 Å². The van der Waals surface area contributed by atoms with Crippen molar-refractivity contribution in [3.63, 3.8) is 0 Å². The Morgan fingerprint density at radius 2 is 2.24 bits per heavy atom. The lowest BCUT2D eigenvalue weighted by atomic mass is 10.2. The number of aromatic nitrogens is 2. The van der Waals surface area contributed by atoms with Crippen molar-refractivity contribution in [3.8, 4) is 0 Å². The van der Waals surface area contributed by atoms with Crippen LogP contribution in [0.1, 0.15) is 30.8 Å². The smallest absolute Gasteiger partial charge is 0.274 e. The highest BCUT2D eigenvalue weighted by atomic mass is 16.5. The maximum Gasteiger partial charge on any atom is 0.274 e. The predicted molar refractivity (Wildman–Crippen MR) is 76.1 cm³/mol. The predicted octanol–water partition coefficient (Wildman–Crippen LogP) is -0.125. The Bertz CT molecular complexity index is 557. The van der Waals surface area contributed by atoms with E-state index in [1.165, 1.54) is 16.8 Å². The summed E-state index contributed by atoms with van der Waals surface area (Å²) in [5.41, 5.74) is 0.0332. The monoisotopic (exact) mass is 295 g/mol. The molecule has 116 valence electrons. The van der Waals surface area contributed by atoms with E-state index in [0.29, 0.717) is 19.6 Å². The third-order valence-corrected chi connectivity index (χ3v) is 3.34. The molecular formula is C14H21N3O4. The maximum absolute atomic E-state index is 12.5. The van der Waals surface area contributed by atoms with Crippen LogP contribution in [0.2, 0.25) is 0 Å². The standard InChI is InChI=1S/C14H21N3O4/c1-3-6-17-13(19)5-4-12(15-17)14(20)16-7-10(2)21-11(8-16)9-18/h4-5,10-11,18H,3,6-9H2,1-2H3. The van der Waals surface area contributed by atoms with Crippen molar-refractivity contribution in [1.82, 2.24) is 14.7 Å². The minimum absolute atomic E-state index is 0.128. The number of nitrogens with zero attached hydrogens (tertiary/aromatic N) is 3. The number of hydrogen-bond donors (Lipinski definition) is 1. The van der Waals surface area contributed by atoms with Crippen molar-refractivity contribution in [3.05, 3.63) is 28.2 Å². The van der Waals surface area contributed by atoms with Crippen LogP contribution in [0.5, 0.6) is 0 Å². The number of aryl methyl sites for hydroxylation is 1. The Hall–Kier alpha value is -1.73. The summed E-state index contributed by atoms with van der Waals surface area (Å²) in [6, 6.07) is 2.81. The minimum atomic E-state index is -0.376. The second-order valence-corrected chi connectivity index (χ2v) is 5.24. The number of rotatable bonds is 4. The molecule has 1 aliphatic rings. The van der Waals surface area contributed by atoms with Gasteiger partial charge >= 0.3 is 0 Å². The third kappa shape index (κ3) is 3.68. The highest BCUT2D eigenvalue weighted by Crippen LogP contribution is 2.13. The van der Waals surface area contributed by atoms with Gasteiger partial charge in [0.15, 0.2) is 0 Å². The molecule has 1 amide bonds. The average Bonchev–Trinajstić information content (AvgIpc) is 2.48. The van der Waals surface area contributed by atoms with E-state index in [0.717, 1.165) is 6.42 Å². The van der Waals surface area contributed by atoms with E-state index in [1.54, 1.807) is 4.90 Å². The van der Waals surface area contributed by atoms with E-state index in [9.17, 15) is 14.7 Å². The topological polar surface area (TPSA) is 84.7 Å². The molecule has 2 atom stereocenters. The van der Waals surface area contributed by atoms with Crippen LogP contribution in [0.3, 0.4) is 0 Å². The summed E-state index contributed by atoms with van der Waals surface area (Å²) in [4.78, 5) is 25.7. The van der Waals surface area contributed by atoms with Gasteiger partial charge in [-0.05, 0) is 19.4 Å². The Labute approximate surface area is 123 Å². The van der Waals surface area contributed by atoms with Crippen molar-refractivity contribution in [2.75, 3.05) is 19.7 Å². The normalized spacial score (nSPS) is 22.3. The van der Waals surface area contributed by atoms with Gasteiger partial charge in [-0.2, -0.15) is 5.10 Å². The first kappa shape index (κ1) is 15.7. The van der Waals surface area contributed by atoms with Gasteiger partial charge in [0.05, 0.1) is 18.8 Å². The Morgan fingerprint density at radius 3 is 2.90 bits per heavy atom. The van der Waals surface area contributed by atoms with Gasteiger partial charge in [-0.25, -0.2) is 4.68 Å². The molecule has 0 bridgehead atoms. The van der Waals surface area contributed by atoms with Crippen LogP contribution in [-0.4, -0.2) is 57.6 Å². The summed E-state index contributed by atoms with van der Waals surface area (Å²) in [5.74, 6) is -0.242. The van der Waals surface area contributed by atoms with E-state index in [4.69, 9.17) is 4.74 Å². The number of carbonyl (C=O) groups excluding carboxylic acids is 1. The van der Waals surface area contributed by atoms with Crippen LogP contribution < -0.4 is 5.56 Å².